The van der Waals surface area contributed by atoms with Crippen LogP contribution in [0.25, 0.3) is 0 Å². The molecule has 42 heavy (non-hydrogen) atoms. The van der Waals surface area contributed by atoms with E-state index in [4.69, 9.17) is 103 Å². The molecule has 0 atom stereocenters. The number of rotatable bonds is 6. The van der Waals surface area contributed by atoms with Gasteiger partial charge in [-0.25, -0.2) is 19.4 Å². The molecule has 0 aromatic heterocycles. The molecule has 4 aromatic rings. The zero-order valence-corrected chi connectivity index (χ0v) is 26.3. The van der Waals surface area contributed by atoms with Gasteiger partial charge in [0.2, 0.25) is 0 Å². The van der Waals surface area contributed by atoms with Crippen LogP contribution in [0.5, 0.6) is 0 Å². The van der Waals surface area contributed by atoms with E-state index in [-0.39, 0.29) is 62.4 Å². The number of hydrogen-bond acceptors (Lipinski definition) is 6. The first-order valence-electron chi connectivity index (χ1n) is 11.2. The van der Waals surface area contributed by atoms with Gasteiger partial charge >= 0.3 is 11.9 Å². The van der Waals surface area contributed by atoms with Crippen LogP contribution in [0.15, 0.2) is 60.7 Å². The number of carbonyl (C=O) groups excluding carboxylic acids is 4. The SMILES string of the molecule is O=C(OOC(=O)c1ccc(Cl)c(Cl)c1C(=O)c1ccc(Cl)cc1Cl)c1ccc(Cl)c(Cl)c1C(=O)c1ccc(Cl)cc1Cl. The van der Waals surface area contributed by atoms with Crippen LogP contribution in [-0.2, 0) is 9.78 Å². The Morgan fingerprint density at radius 2 is 0.762 bits per heavy atom. The van der Waals surface area contributed by atoms with Gasteiger partial charge in [-0.1, -0.05) is 92.8 Å². The summed E-state index contributed by atoms with van der Waals surface area (Å²) in [4.78, 5) is 62.2. The summed E-state index contributed by atoms with van der Waals surface area (Å²) in [5.74, 6) is -4.19. The summed E-state index contributed by atoms with van der Waals surface area (Å²) in [6.07, 6.45) is 0. The topological polar surface area (TPSA) is 86.7 Å². The second kappa shape index (κ2) is 13.4. The van der Waals surface area contributed by atoms with E-state index in [1.54, 1.807) is 0 Å². The summed E-state index contributed by atoms with van der Waals surface area (Å²) in [6.45, 7) is 0. The predicted molar refractivity (Wildman–Crippen MR) is 164 cm³/mol. The van der Waals surface area contributed by atoms with Crippen molar-refractivity contribution in [2.45, 2.75) is 0 Å². The van der Waals surface area contributed by atoms with Crippen molar-refractivity contribution in [2.75, 3.05) is 0 Å². The van der Waals surface area contributed by atoms with Crippen molar-refractivity contribution in [3.05, 3.63) is 134 Å². The van der Waals surface area contributed by atoms with Gasteiger partial charge in [-0.2, -0.15) is 0 Å². The highest BCUT2D eigenvalue weighted by molar-refractivity contribution is 6.47. The first-order valence-corrected chi connectivity index (χ1v) is 14.2. The molecule has 6 nitrogen and oxygen atoms in total. The molecule has 4 rings (SSSR count). The van der Waals surface area contributed by atoms with Crippen molar-refractivity contribution in [2.24, 2.45) is 0 Å². The standard InChI is InChI=1S/C28H10Cl8O6/c29-11-1-3-13(19(33)9-11)25(37)21-15(5-7-17(31)23(21)35)27(39)41-42-28(40)16-6-8-18(32)24(36)22(16)26(38)14-4-2-12(30)10-20(14)34/h1-10H. The lowest BCUT2D eigenvalue weighted by molar-refractivity contribution is -0.187. The number of ketones is 2. The largest absolute Gasteiger partial charge is 0.387 e. The van der Waals surface area contributed by atoms with E-state index in [9.17, 15) is 19.2 Å². The molecule has 4 aromatic carbocycles. The van der Waals surface area contributed by atoms with Gasteiger partial charge in [0, 0.05) is 21.2 Å². The van der Waals surface area contributed by atoms with E-state index in [1.807, 2.05) is 0 Å². The Morgan fingerprint density at radius 1 is 0.429 bits per heavy atom. The number of halogens is 8. The Bertz CT molecular complexity index is 1670. The fourth-order valence-electron chi connectivity index (χ4n) is 3.67. The normalized spacial score (nSPS) is 10.8. The summed E-state index contributed by atoms with van der Waals surface area (Å²) in [5.41, 5.74) is -1.67. The van der Waals surface area contributed by atoms with Crippen molar-refractivity contribution in [1.82, 2.24) is 0 Å². The second-order valence-corrected chi connectivity index (χ2v) is 11.5. The monoisotopic (exact) mass is 722 g/mol. The Labute approximate surface area is 277 Å². The highest BCUT2D eigenvalue weighted by Gasteiger charge is 2.30. The van der Waals surface area contributed by atoms with Gasteiger partial charge in [0.15, 0.2) is 11.6 Å². The Balaban J connectivity index is 1.66. The average Bonchev–Trinajstić information content (AvgIpc) is 2.93. The van der Waals surface area contributed by atoms with Gasteiger partial charge in [0.05, 0.1) is 52.4 Å². The van der Waals surface area contributed by atoms with E-state index in [1.165, 1.54) is 48.5 Å². The molecule has 0 radical (unpaired) electrons. The maximum absolute atomic E-state index is 13.3. The Kier molecular flexibility index (Phi) is 10.3. The second-order valence-electron chi connectivity index (χ2n) is 8.22. The Hall–Kier alpha value is -2.52. The zero-order chi connectivity index (χ0) is 30.9. The van der Waals surface area contributed by atoms with Crippen LogP contribution in [0.2, 0.25) is 40.2 Å². The minimum absolute atomic E-state index is 0.0214. The minimum atomic E-state index is -1.30. The quantitative estimate of drug-likeness (QED) is 0.112. The third-order valence-electron chi connectivity index (χ3n) is 5.63. The molecule has 0 aliphatic heterocycles. The van der Waals surface area contributed by atoms with Gasteiger partial charge in [-0.15, -0.1) is 0 Å². The minimum Gasteiger partial charge on any atom is -0.288 e. The highest BCUT2D eigenvalue weighted by Crippen LogP contribution is 2.35. The van der Waals surface area contributed by atoms with Crippen molar-refractivity contribution < 1.29 is 29.0 Å². The van der Waals surface area contributed by atoms with Crippen molar-refractivity contribution in [3.8, 4) is 0 Å². The molecule has 14 heteroatoms. The molecular formula is C28H10Cl8O6. The molecule has 0 heterocycles. The van der Waals surface area contributed by atoms with Gasteiger partial charge in [0.1, 0.15) is 0 Å². The maximum Gasteiger partial charge on any atom is 0.387 e. The summed E-state index contributed by atoms with van der Waals surface area (Å²) >= 11 is 48.9. The average molecular weight is 726 g/mol. The van der Waals surface area contributed by atoms with Crippen LogP contribution in [0.3, 0.4) is 0 Å². The van der Waals surface area contributed by atoms with Crippen LogP contribution in [0.4, 0.5) is 0 Å². The van der Waals surface area contributed by atoms with E-state index < -0.39 is 34.6 Å². The van der Waals surface area contributed by atoms with Gasteiger partial charge in [-0.3, -0.25) is 9.59 Å². The number of hydrogen-bond donors (Lipinski definition) is 0. The smallest absolute Gasteiger partial charge is 0.288 e. The number of carbonyl (C=O) groups is 4. The molecule has 0 fully saturated rings. The fraction of sp³-hybridized carbons (Fsp3) is 0. The summed E-state index contributed by atoms with van der Waals surface area (Å²) in [5, 5.41) is -0.204. The van der Waals surface area contributed by atoms with Crippen molar-refractivity contribution in [3.63, 3.8) is 0 Å². The highest BCUT2D eigenvalue weighted by atomic mass is 35.5. The van der Waals surface area contributed by atoms with E-state index in [0.29, 0.717) is 0 Å². The first kappa shape index (κ1) is 32.4. The lowest BCUT2D eigenvalue weighted by atomic mass is 9.98. The molecule has 0 unspecified atom stereocenters. The van der Waals surface area contributed by atoms with E-state index in [2.05, 4.69) is 0 Å². The van der Waals surface area contributed by atoms with Crippen LogP contribution < -0.4 is 0 Å². The molecule has 0 aliphatic carbocycles. The molecule has 0 N–H and O–H groups in total. The van der Waals surface area contributed by atoms with Crippen LogP contribution in [-0.4, -0.2) is 23.5 Å². The summed E-state index contributed by atoms with van der Waals surface area (Å²) in [6, 6.07) is 12.9. The molecule has 0 aliphatic rings. The van der Waals surface area contributed by atoms with Crippen LogP contribution in [0, 0.1) is 0 Å². The van der Waals surface area contributed by atoms with Gasteiger partial charge in [0.25, 0.3) is 0 Å². The van der Waals surface area contributed by atoms with E-state index >= 15 is 0 Å². The van der Waals surface area contributed by atoms with Crippen molar-refractivity contribution in [1.29, 1.82) is 0 Å². The lowest BCUT2D eigenvalue weighted by Gasteiger charge is -2.13. The maximum atomic E-state index is 13.3. The van der Waals surface area contributed by atoms with Crippen LogP contribution >= 0.6 is 92.8 Å². The molecule has 0 bridgehead atoms. The predicted octanol–water partition coefficient (Wildman–Crippen LogP) is 10.3. The number of benzene rings is 4. The zero-order valence-electron chi connectivity index (χ0n) is 20.2. The molecule has 0 saturated heterocycles. The molecule has 0 spiro atoms. The third-order valence-corrected chi connectivity index (χ3v) is 8.33. The molecular weight excluding hydrogens is 716 g/mol. The van der Waals surface area contributed by atoms with Gasteiger partial charge < -0.3 is 0 Å². The van der Waals surface area contributed by atoms with Crippen LogP contribution in [0.1, 0.15) is 52.6 Å². The third kappa shape index (κ3) is 6.67. The van der Waals surface area contributed by atoms with E-state index in [0.717, 1.165) is 12.1 Å². The summed E-state index contributed by atoms with van der Waals surface area (Å²) in [7, 11) is 0. The van der Waals surface area contributed by atoms with Gasteiger partial charge in [-0.05, 0) is 60.7 Å². The molecule has 0 amide bonds. The molecule has 214 valence electrons. The van der Waals surface area contributed by atoms with Crippen molar-refractivity contribution >= 4 is 116 Å². The summed E-state index contributed by atoms with van der Waals surface area (Å²) < 4.78 is 0. The fourth-order valence-corrected chi connectivity index (χ4v) is 5.47. The first-order chi connectivity index (χ1) is 19.8. The lowest BCUT2D eigenvalue weighted by Crippen LogP contribution is -2.18. The Morgan fingerprint density at radius 3 is 1.10 bits per heavy atom. The molecule has 0 saturated carbocycles.